The number of benzene rings is 1. The van der Waals surface area contributed by atoms with E-state index < -0.39 is 45.5 Å². The SMILES string of the molecule is CC(C)=CC(NC(=O)c1cc(=O)[nH]c(-c2ncccn2)n1)c1ccc(SC(F)(F)F)c(F)c1. The van der Waals surface area contributed by atoms with E-state index >= 15 is 0 Å². The third kappa shape index (κ3) is 6.72. The summed E-state index contributed by atoms with van der Waals surface area (Å²) in [5, 5.41) is 2.61. The van der Waals surface area contributed by atoms with E-state index in [-0.39, 0.29) is 22.9 Å². The molecule has 1 aromatic carbocycles. The molecule has 0 bridgehead atoms. The van der Waals surface area contributed by atoms with Gasteiger partial charge in [-0.05, 0) is 49.4 Å². The van der Waals surface area contributed by atoms with Crippen LogP contribution in [0.25, 0.3) is 11.6 Å². The number of allylic oxidation sites excluding steroid dienone is 1. The van der Waals surface area contributed by atoms with Crippen LogP contribution in [0.1, 0.15) is 35.9 Å². The fourth-order valence-electron chi connectivity index (χ4n) is 2.79. The van der Waals surface area contributed by atoms with Gasteiger partial charge in [0.2, 0.25) is 0 Å². The molecule has 0 aliphatic rings. The second-order valence-corrected chi connectivity index (χ2v) is 8.09. The van der Waals surface area contributed by atoms with Gasteiger partial charge < -0.3 is 10.3 Å². The van der Waals surface area contributed by atoms with Crippen molar-refractivity contribution in [1.82, 2.24) is 25.3 Å². The highest BCUT2D eigenvalue weighted by atomic mass is 32.2. The zero-order valence-electron chi connectivity index (χ0n) is 17.3. The van der Waals surface area contributed by atoms with Crippen LogP contribution in [0.5, 0.6) is 0 Å². The van der Waals surface area contributed by atoms with Crippen molar-refractivity contribution in [3.05, 3.63) is 81.8 Å². The van der Waals surface area contributed by atoms with Crippen LogP contribution in [0.3, 0.4) is 0 Å². The lowest BCUT2D eigenvalue weighted by atomic mass is 10.0. The van der Waals surface area contributed by atoms with Gasteiger partial charge in [0, 0.05) is 18.5 Å². The zero-order chi connectivity index (χ0) is 24.2. The Hall–Kier alpha value is -3.54. The second-order valence-electron chi connectivity index (χ2n) is 6.98. The summed E-state index contributed by atoms with van der Waals surface area (Å²) in [5.41, 5.74) is -4.52. The molecule has 7 nitrogen and oxygen atoms in total. The average Bonchev–Trinajstić information content (AvgIpc) is 2.73. The van der Waals surface area contributed by atoms with E-state index in [2.05, 4.69) is 25.3 Å². The molecule has 0 aliphatic heterocycles. The summed E-state index contributed by atoms with van der Waals surface area (Å²) in [7, 11) is 0. The standard InChI is InChI=1S/C21H17F4N5O2S/c1-11(2)8-14(12-4-5-16(13(22)9-12)33-21(23,24)25)29-20(32)15-10-17(31)30-19(28-15)18-26-6-3-7-27-18/h3-10,14H,1-2H3,(H,29,32)(H,28,30,31). The van der Waals surface area contributed by atoms with E-state index in [4.69, 9.17) is 0 Å². The fourth-order valence-corrected chi connectivity index (χ4v) is 3.33. The van der Waals surface area contributed by atoms with Crippen LogP contribution in [0.2, 0.25) is 0 Å². The molecule has 0 radical (unpaired) electrons. The molecule has 0 fully saturated rings. The number of carbonyl (C=O) groups excluding carboxylic acids is 1. The van der Waals surface area contributed by atoms with Crippen molar-refractivity contribution >= 4 is 17.7 Å². The number of aromatic amines is 1. The number of nitrogens with one attached hydrogen (secondary N) is 2. The first-order valence-electron chi connectivity index (χ1n) is 9.41. The van der Waals surface area contributed by atoms with Crippen molar-refractivity contribution in [2.24, 2.45) is 0 Å². The Balaban J connectivity index is 1.91. The number of H-pyrrole nitrogens is 1. The second kappa shape index (κ2) is 9.94. The van der Waals surface area contributed by atoms with Crippen LogP contribution in [-0.4, -0.2) is 31.4 Å². The van der Waals surface area contributed by atoms with Gasteiger partial charge in [-0.3, -0.25) is 9.59 Å². The van der Waals surface area contributed by atoms with Crippen molar-refractivity contribution < 1.29 is 22.4 Å². The number of alkyl halides is 3. The molecular formula is C21H17F4N5O2S. The van der Waals surface area contributed by atoms with Gasteiger partial charge in [0.15, 0.2) is 11.6 Å². The number of thioether (sulfide) groups is 1. The van der Waals surface area contributed by atoms with Crippen molar-refractivity contribution in [1.29, 1.82) is 0 Å². The monoisotopic (exact) mass is 479 g/mol. The summed E-state index contributed by atoms with van der Waals surface area (Å²) in [5.74, 6) is -1.75. The molecule has 1 unspecified atom stereocenters. The first-order valence-corrected chi connectivity index (χ1v) is 10.2. The lowest BCUT2D eigenvalue weighted by Gasteiger charge is -2.17. The largest absolute Gasteiger partial charge is 0.446 e. The molecule has 3 rings (SSSR count). The first-order chi connectivity index (χ1) is 15.5. The molecule has 0 saturated carbocycles. The Morgan fingerprint density at radius 3 is 2.48 bits per heavy atom. The topological polar surface area (TPSA) is 101 Å². The highest BCUT2D eigenvalue weighted by Crippen LogP contribution is 2.38. The molecule has 0 aliphatic carbocycles. The number of hydrogen-bond donors (Lipinski definition) is 2. The van der Waals surface area contributed by atoms with Gasteiger partial charge in [0.1, 0.15) is 11.5 Å². The minimum atomic E-state index is -4.64. The van der Waals surface area contributed by atoms with Crippen LogP contribution >= 0.6 is 11.8 Å². The van der Waals surface area contributed by atoms with Gasteiger partial charge in [0.25, 0.3) is 11.5 Å². The van der Waals surface area contributed by atoms with Gasteiger partial charge in [-0.15, -0.1) is 0 Å². The summed E-state index contributed by atoms with van der Waals surface area (Å²) in [4.78, 5) is 38.8. The molecule has 172 valence electrons. The van der Waals surface area contributed by atoms with E-state index in [0.29, 0.717) is 0 Å². The van der Waals surface area contributed by atoms with Gasteiger partial charge in [-0.25, -0.2) is 19.3 Å². The number of halogens is 4. The van der Waals surface area contributed by atoms with Crippen molar-refractivity contribution in [3.63, 3.8) is 0 Å². The van der Waals surface area contributed by atoms with Crippen LogP contribution in [0, 0.1) is 5.82 Å². The van der Waals surface area contributed by atoms with E-state index in [0.717, 1.165) is 23.8 Å². The van der Waals surface area contributed by atoms with Crippen molar-refractivity contribution in [3.8, 4) is 11.6 Å². The highest BCUT2D eigenvalue weighted by Gasteiger charge is 2.31. The number of rotatable bonds is 6. The Morgan fingerprint density at radius 1 is 1.18 bits per heavy atom. The van der Waals surface area contributed by atoms with Gasteiger partial charge in [0.05, 0.1) is 10.9 Å². The molecule has 1 amide bonds. The molecule has 0 spiro atoms. The van der Waals surface area contributed by atoms with Crippen LogP contribution < -0.4 is 10.9 Å². The predicted octanol–water partition coefficient (Wildman–Crippen LogP) is 4.42. The number of amides is 1. The summed E-state index contributed by atoms with van der Waals surface area (Å²) >= 11 is -0.564. The Kier molecular flexibility index (Phi) is 7.26. The van der Waals surface area contributed by atoms with E-state index in [1.54, 1.807) is 26.0 Å². The quantitative estimate of drug-likeness (QED) is 0.309. The maximum atomic E-state index is 14.3. The summed E-state index contributed by atoms with van der Waals surface area (Å²) in [6.07, 6.45) is 4.47. The Bertz CT molecular complexity index is 1240. The van der Waals surface area contributed by atoms with E-state index in [1.807, 2.05) is 0 Å². The molecular weight excluding hydrogens is 462 g/mol. The van der Waals surface area contributed by atoms with Crippen LogP contribution in [-0.2, 0) is 0 Å². The van der Waals surface area contributed by atoms with Crippen molar-refractivity contribution in [2.45, 2.75) is 30.3 Å². The molecule has 3 aromatic rings. The Morgan fingerprint density at radius 2 is 1.88 bits per heavy atom. The normalized spacial score (nSPS) is 12.2. The van der Waals surface area contributed by atoms with E-state index in [9.17, 15) is 27.2 Å². The third-order valence-electron chi connectivity index (χ3n) is 4.08. The maximum Gasteiger partial charge on any atom is 0.446 e. The third-order valence-corrected chi connectivity index (χ3v) is 4.86. The minimum absolute atomic E-state index is 0.0217. The zero-order valence-corrected chi connectivity index (χ0v) is 18.1. The van der Waals surface area contributed by atoms with Gasteiger partial charge in [-0.1, -0.05) is 17.7 Å². The van der Waals surface area contributed by atoms with E-state index in [1.165, 1.54) is 18.5 Å². The van der Waals surface area contributed by atoms with Gasteiger partial charge in [-0.2, -0.15) is 13.2 Å². The molecule has 2 N–H and O–H groups in total. The summed E-state index contributed by atoms with van der Waals surface area (Å²) in [6, 6.07) is 4.87. The molecule has 33 heavy (non-hydrogen) atoms. The summed E-state index contributed by atoms with van der Waals surface area (Å²) < 4.78 is 52.1. The molecule has 1 atom stereocenters. The maximum absolute atomic E-state index is 14.3. The van der Waals surface area contributed by atoms with Crippen molar-refractivity contribution in [2.75, 3.05) is 0 Å². The number of hydrogen-bond acceptors (Lipinski definition) is 6. The predicted molar refractivity (Wildman–Crippen MR) is 114 cm³/mol. The average molecular weight is 479 g/mol. The smallest absolute Gasteiger partial charge is 0.340 e. The molecule has 12 heteroatoms. The van der Waals surface area contributed by atoms with Crippen LogP contribution in [0.4, 0.5) is 17.6 Å². The highest BCUT2D eigenvalue weighted by molar-refractivity contribution is 8.00. The van der Waals surface area contributed by atoms with Crippen LogP contribution in [0.15, 0.2) is 64.1 Å². The first kappa shape index (κ1) is 24.1. The lowest BCUT2D eigenvalue weighted by Crippen LogP contribution is -2.30. The number of aromatic nitrogens is 4. The minimum Gasteiger partial charge on any atom is -0.340 e. The Labute approximate surface area is 189 Å². The molecule has 2 aromatic heterocycles. The number of carbonyl (C=O) groups is 1. The number of nitrogens with zero attached hydrogens (tertiary/aromatic N) is 3. The molecule has 0 saturated heterocycles. The lowest BCUT2D eigenvalue weighted by molar-refractivity contribution is -0.0329. The van der Waals surface area contributed by atoms with Gasteiger partial charge >= 0.3 is 5.51 Å². The summed E-state index contributed by atoms with van der Waals surface area (Å²) in [6.45, 7) is 3.47. The fraction of sp³-hybridized carbons (Fsp3) is 0.190. The molecule has 2 heterocycles.